The van der Waals surface area contributed by atoms with Crippen LogP contribution in [0.15, 0.2) is 34.0 Å². The first-order valence-corrected chi connectivity index (χ1v) is 9.86. The Labute approximate surface area is 145 Å². The molecule has 0 saturated heterocycles. The van der Waals surface area contributed by atoms with E-state index in [1.54, 1.807) is 18.2 Å². The summed E-state index contributed by atoms with van der Waals surface area (Å²) < 4.78 is 34.1. The average molecular weight is 361 g/mol. The molecule has 0 unspecified atom stereocenters. The zero-order chi connectivity index (χ0) is 17.4. The largest absolute Gasteiger partial charge is 0.493 e. The Kier molecular flexibility index (Phi) is 4.09. The highest BCUT2D eigenvalue weighted by Gasteiger charge is 2.19. The minimum absolute atomic E-state index is 0.113. The van der Waals surface area contributed by atoms with Gasteiger partial charge in [0.1, 0.15) is 5.75 Å². The van der Waals surface area contributed by atoms with Crippen molar-refractivity contribution in [3.05, 3.63) is 51.4 Å². The van der Waals surface area contributed by atoms with E-state index in [9.17, 15) is 13.2 Å². The van der Waals surface area contributed by atoms with Crippen molar-refractivity contribution < 1.29 is 13.2 Å². The molecule has 2 aliphatic rings. The second-order valence-corrected chi connectivity index (χ2v) is 8.06. The number of ether oxygens (including phenoxy) is 1. The van der Waals surface area contributed by atoms with E-state index in [-0.39, 0.29) is 23.5 Å². The fraction of sp³-hybridized carbons (Fsp3) is 0.412. The van der Waals surface area contributed by atoms with Crippen LogP contribution in [0.5, 0.6) is 5.75 Å². The molecular weight excluding hydrogens is 342 g/mol. The van der Waals surface area contributed by atoms with E-state index < -0.39 is 10.0 Å². The molecule has 1 aliphatic carbocycles. The van der Waals surface area contributed by atoms with Gasteiger partial charge in [-0.15, -0.1) is 0 Å². The number of rotatable bonds is 5. The SMILES string of the molecule is O=c1cc2c(nn1CCNS(=O)(=O)c1ccc3c(c1)CCO3)CCC2. The highest BCUT2D eigenvalue weighted by Crippen LogP contribution is 2.27. The second kappa shape index (κ2) is 6.27. The number of nitrogens with zero attached hydrogens (tertiary/aromatic N) is 2. The van der Waals surface area contributed by atoms with Crippen LogP contribution in [0.25, 0.3) is 0 Å². The molecule has 2 heterocycles. The molecule has 0 spiro atoms. The molecule has 1 N–H and O–H groups in total. The monoisotopic (exact) mass is 361 g/mol. The van der Waals surface area contributed by atoms with Crippen LogP contribution in [-0.2, 0) is 35.8 Å². The van der Waals surface area contributed by atoms with Gasteiger partial charge in [0.05, 0.1) is 23.7 Å². The number of nitrogens with one attached hydrogen (secondary N) is 1. The number of aromatic nitrogens is 2. The van der Waals surface area contributed by atoms with E-state index in [0.29, 0.717) is 13.0 Å². The van der Waals surface area contributed by atoms with Crippen molar-refractivity contribution in [3.63, 3.8) is 0 Å². The summed E-state index contributed by atoms with van der Waals surface area (Å²) in [5, 5.41) is 4.35. The van der Waals surface area contributed by atoms with Gasteiger partial charge in [-0.3, -0.25) is 4.79 Å². The van der Waals surface area contributed by atoms with Gasteiger partial charge in [0.25, 0.3) is 5.56 Å². The van der Waals surface area contributed by atoms with Crippen molar-refractivity contribution in [2.45, 2.75) is 37.1 Å². The van der Waals surface area contributed by atoms with Gasteiger partial charge in [-0.1, -0.05) is 0 Å². The van der Waals surface area contributed by atoms with E-state index >= 15 is 0 Å². The van der Waals surface area contributed by atoms with Crippen LogP contribution in [0, 0.1) is 0 Å². The lowest BCUT2D eigenvalue weighted by atomic mass is 10.2. The lowest BCUT2D eigenvalue weighted by Crippen LogP contribution is -2.32. The summed E-state index contributed by atoms with van der Waals surface area (Å²) in [5.41, 5.74) is 2.68. The normalized spacial score (nSPS) is 15.7. The van der Waals surface area contributed by atoms with Crippen LogP contribution in [-0.4, -0.2) is 31.3 Å². The van der Waals surface area contributed by atoms with Crippen LogP contribution in [0.2, 0.25) is 0 Å². The van der Waals surface area contributed by atoms with Crippen molar-refractivity contribution in [1.29, 1.82) is 0 Å². The maximum absolute atomic E-state index is 12.4. The number of aryl methyl sites for hydroxylation is 2. The summed E-state index contributed by atoms with van der Waals surface area (Å²) >= 11 is 0. The standard InChI is InChI=1S/C17H19N3O4S/c21-17-11-12-2-1-3-15(12)19-20(17)8-7-18-25(22,23)14-4-5-16-13(10-14)6-9-24-16/h4-5,10-11,18H,1-3,6-9H2. The van der Waals surface area contributed by atoms with Gasteiger partial charge in [-0.05, 0) is 48.6 Å². The number of hydrogen-bond acceptors (Lipinski definition) is 5. The number of sulfonamides is 1. The summed E-state index contributed by atoms with van der Waals surface area (Å²) in [6.07, 6.45) is 3.50. The molecule has 0 amide bonds. The zero-order valence-corrected chi connectivity index (χ0v) is 14.5. The maximum Gasteiger partial charge on any atom is 0.267 e. The van der Waals surface area contributed by atoms with E-state index in [4.69, 9.17) is 4.74 Å². The van der Waals surface area contributed by atoms with E-state index in [1.165, 1.54) is 10.7 Å². The molecule has 0 radical (unpaired) electrons. The summed E-state index contributed by atoms with van der Waals surface area (Å²) in [7, 11) is -3.63. The summed E-state index contributed by atoms with van der Waals surface area (Å²) in [5.74, 6) is 0.743. The zero-order valence-electron chi connectivity index (χ0n) is 13.7. The lowest BCUT2D eigenvalue weighted by Gasteiger charge is -2.10. The van der Waals surface area contributed by atoms with Gasteiger partial charge in [0.15, 0.2) is 0 Å². The Balaban J connectivity index is 1.45. The number of fused-ring (bicyclic) bond motifs is 2. The van der Waals surface area contributed by atoms with E-state index in [0.717, 1.165) is 41.8 Å². The minimum atomic E-state index is -3.63. The smallest absolute Gasteiger partial charge is 0.267 e. The van der Waals surface area contributed by atoms with Gasteiger partial charge in [0.2, 0.25) is 10.0 Å². The Bertz CT molecular complexity index is 982. The van der Waals surface area contributed by atoms with E-state index in [2.05, 4.69) is 9.82 Å². The van der Waals surface area contributed by atoms with Crippen LogP contribution in [0.1, 0.15) is 23.2 Å². The highest BCUT2D eigenvalue weighted by atomic mass is 32.2. The van der Waals surface area contributed by atoms with Crippen molar-refractivity contribution in [3.8, 4) is 5.75 Å². The van der Waals surface area contributed by atoms with Gasteiger partial charge >= 0.3 is 0 Å². The second-order valence-electron chi connectivity index (χ2n) is 6.30. The summed E-state index contributed by atoms with van der Waals surface area (Å²) in [4.78, 5) is 12.3. The van der Waals surface area contributed by atoms with Gasteiger partial charge in [0, 0.05) is 19.0 Å². The van der Waals surface area contributed by atoms with E-state index in [1.807, 2.05) is 0 Å². The molecule has 0 atom stereocenters. The molecular formula is C17H19N3O4S. The Morgan fingerprint density at radius 3 is 2.92 bits per heavy atom. The van der Waals surface area contributed by atoms with Crippen molar-refractivity contribution in [2.24, 2.45) is 0 Å². The average Bonchev–Trinajstić information content (AvgIpc) is 3.22. The molecule has 4 rings (SSSR count). The lowest BCUT2D eigenvalue weighted by molar-refractivity contribution is 0.356. The summed E-state index contributed by atoms with van der Waals surface area (Å²) in [6, 6.07) is 6.48. The van der Waals surface area contributed by atoms with Crippen molar-refractivity contribution >= 4 is 10.0 Å². The third kappa shape index (κ3) is 3.19. The molecule has 0 bridgehead atoms. The topological polar surface area (TPSA) is 90.3 Å². The summed E-state index contributed by atoms with van der Waals surface area (Å²) in [6.45, 7) is 0.903. The van der Waals surface area contributed by atoms with Crippen LogP contribution in [0.4, 0.5) is 0 Å². The Morgan fingerprint density at radius 1 is 1.16 bits per heavy atom. The molecule has 1 aromatic carbocycles. The molecule has 132 valence electrons. The predicted octanol–water partition coefficient (Wildman–Crippen LogP) is 0.645. The fourth-order valence-corrected chi connectivity index (χ4v) is 4.37. The van der Waals surface area contributed by atoms with Crippen molar-refractivity contribution in [1.82, 2.24) is 14.5 Å². The van der Waals surface area contributed by atoms with Crippen molar-refractivity contribution in [2.75, 3.05) is 13.2 Å². The molecule has 0 saturated carbocycles. The molecule has 0 fully saturated rings. The predicted molar refractivity (Wildman–Crippen MR) is 91.4 cm³/mol. The first kappa shape index (κ1) is 16.3. The molecule has 2 aromatic rings. The molecule has 8 heteroatoms. The van der Waals surface area contributed by atoms with Crippen LogP contribution >= 0.6 is 0 Å². The number of hydrogen-bond donors (Lipinski definition) is 1. The van der Waals surface area contributed by atoms with Crippen LogP contribution in [0.3, 0.4) is 0 Å². The fourth-order valence-electron chi connectivity index (χ4n) is 3.30. The first-order chi connectivity index (χ1) is 12.0. The number of benzene rings is 1. The maximum atomic E-state index is 12.4. The Hall–Kier alpha value is -2.19. The van der Waals surface area contributed by atoms with Gasteiger partial charge in [-0.2, -0.15) is 5.10 Å². The quantitative estimate of drug-likeness (QED) is 0.844. The third-order valence-electron chi connectivity index (χ3n) is 4.61. The highest BCUT2D eigenvalue weighted by molar-refractivity contribution is 7.89. The molecule has 7 nitrogen and oxygen atoms in total. The van der Waals surface area contributed by atoms with Gasteiger partial charge in [-0.25, -0.2) is 17.8 Å². The third-order valence-corrected chi connectivity index (χ3v) is 6.07. The van der Waals surface area contributed by atoms with Crippen LogP contribution < -0.4 is 15.0 Å². The molecule has 25 heavy (non-hydrogen) atoms. The van der Waals surface area contributed by atoms with Gasteiger partial charge < -0.3 is 4.74 Å². The first-order valence-electron chi connectivity index (χ1n) is 8.38. The minimum Gasteiger partial charge on any atom is -0.493 e. The molecule has 1 aliphatic heterocycles. The Morgan fingerprint density at radius 2 is 2.04 bits per heavy atom. The molecule has 1 aromatic heterocycles.